The molecule has 3 aromatic rings. The van der Waals surface area contributed by atoms with Gasteiger partial charge in [-0.3, -0.25) is 4.79 Å². The van der Waals surface area contributed by atoms with Crippen LogP contribution >= 0.6 is 0 Å². The number of amides is 1. The predicted molar refractivity (Wildman–Crippen MR) is 146 cm³/mol. The Morgan fingerprint density at radius 1 is 0.917 bits per heavy atom. The minimum atomic E-state index is 0.324. The van der Waals surface area contributed by atoms with E-state index in [-0.39, 0.29) is 0 Å². The Kier molecular flexibility index (Phi) is 7.64. The topological polar surface area (TPSA) is 49.3 Å². The van der Waals surface area contributed by atoms with Gasteiger partial charge in [0.25, 0.3) is 0 Å². The largest absolute Gasteiger partial charge is 0.353 e. The van der Waals surface area contributed by atoms with Gasteiger partial charge in [-0.1, -0.05) is 85.8 Å². The average Bonchev–Trinajstić information content (AvgIpc) is 3.43. The van der Waals surface area contributed by atoms with Gasteiger partial charge >= 0.3 is 0 Å². The van der Waals surface area contributed by atoms with E-state index >= 15 is 0 Å². The Balaban J connectivity index is 1.35. The van der Waals surface area contributed by atoms with E-state index in [9.17, 15) is 4.79 Å². The van der Waals surface area contributed by atoms with E-state index in [4.69, 9.17) is 9.97 Å². The van der Waals surface area contributed by atoms with Crippen LogP contribution in [0.3, 0.4) is 0 Å². The van der Waals surface area contributed by atoms with Crippen molar-refractivity contribution in [3.05, 3.63) is 77.0 Å². The Morgan fingerprint density at radius 2 is 1.67 bits per heavy atom. The Morgan fingerprint density at radius 3 is 2.39 bits per heavy atom. The molecule has 2 aliphatic rings. The van der Waals surface area contributed by atoms with E-state index in [0.717, 1.165) is 67.8 Å². The number of carbonyl (C=O) groups is 1. The molecule has 1 saturated heterocycles. The minimum Gasteiger partial charge on any atom is -0.353 e. The number of hydrogen-bond acceptors (Lipinski definition) is 4. The third-order valence-corrected chi connectivity index (χ3v) is 7.86. The number of hydrogen-bond donors (Lipinski definition) is 0. The first-order chi connectivity index (χ1) is 17.6. The SMILES string of the molecule is Cc1cccc(Cc2c(C)nc(-c3ccccc3)nc2N2CCN(C(=O)CCC3CCCC3)CC2)c1. The van der Waals surface area contributed by atoms with Crippen molar-refractivity contribution in [1.29, 1.82) is 0 Å². The van der Waals surface area contributed by atoms with Gasteiger partial charge in [0.05, 0.1) is 0 Å². The molecule has 0 spiro atoms. The zero-order chi connectivity index (χ0) is 24.9. The molecule has 1 aliphatic heterocycles. The molecule has 1 saturated carbocycles. The summed E-state index contributed by atoms with van der Waals surface area (Å²) in [5, 5.41) is 0. The minimum absolute atomic E-state index is 0.324. The molecule has 5 nitrogen and oxygen atoms in total. The highest BCUT2D eigenvalue weighted by atomic mass is 16.2. The van der Waals surface area contributed by atoms with Crippen LogP contribution in [0.5, 0.6) is 0 Å². The average molecular weight is 483 g/mol. The Bertz CT molecular complexity index is 1180. The molecule has 2 aromatic carbocycles. The molecule has 0 unspecified atom stereocenters. The Hall–Kier alpha value is -3.21. The molecular weight excluding hydrogens is 444 g/mol. The van der Waals surface area contributed by atoms with Crippen LogP contribution in [0.25, 0.3) is 11.4 Å². The van der Waals surface area contributed by atoms with Gasteiger partial charge in [0.15, 0.2) is 5.82 Å². The van der Waals surface area contributed by atoms with Crippen molar-refractivity contribution < 1.29 is 4.79 Å². The summed E-state index contributed by atoms with van der Waals surface area (Å²) in [5.74, 6) is 2.87. The number of anilines is 1. The number of piperazine rings is 1. The van der Waals surface area contributed by atoms with Crippen LogP contribution in [-0.2, 0) is 11.2 Å². The number of aryl methyl sites for hydroxylation is 2. The first kappa shape index (κ1) is 24.5. The Labute approximate surface area is 215 Å². The normalized spacial score (nSPS) is 16.5. The number of rotatable bonds is 7. The van der Waals surface area contributed by atoms with E-state index in [1.54, 1.807) is 0 Å². The molecule has 0 N–H and O–H groups in total. The van der Waals surface area contributed by atoms with Crippen LogP contribution in [0.15, 0.2) is 54.6 Å². The summed E-state index contributed by atoms with van der Waals surface area (Å²) in [6.07, 6.45) is 7.86. The van der Waals surface area contributed by atoms with Crippen molar-refractivity contribution in [2.75, 3.05) is 31.1 Å². The van der Waals surface area contributed by atoms with E-state index in [2.05, 4.69) is 60.0 Å². The van der Waals surface area contributed by atoms with E-state index in [1.165, 1.54) is 42.4 Å². The fourth-order valence-electron chi connectivity index (χ4n) is 5.74. The monoisotopic (exact) mass is 482 g/mol. The molecule has 2 heterocycles. The summed E-state index contributed by atoms with van der Waals surface area (Å²) in [5.41, 5.74) is 5.77. The van der Waals surface area contributed by atoms with Crippen LogP contribution in [0.4, 0.5) is 5.82 Å². The molecule has 5 heteroatoms. The van der Waals surface area contributed by atoms with Gasteiger partial charge in [-0.15, -0.1) is 0 Å². The second-order valence-electron chi connectivity index (χ2n) is 10.5. The summed E-state index contributed by atoms with van der Waals surface area (Å²) in [6.45, 7) is 7.37. The molecule has 0 atom stereocenters. The lowest BCUT2D eigenvalue weighted by molar-refractivity contribution is -0.131. The van der Waals surface area contributed by atoms with E-state index in [0.29, 0.717) is 12.3 Å². The van der Waals surface area contributed by atoms with Gasteiger partial charge in [-0.2, -0.15) is 0 Å². The molecular formula is C31H38N4O. The molecule has 1 amide bonds. The van der Waals surface area contributed by atoms with Crippen molar-refractivity contribution in [3.63, 3.8) is 0 Å². The van der Waals surface area contributed by atoms with Crippen LogP contribution in [0, 0.1) is 19.8 Å². The van der Waals surface area contributed by atoms with Gasteiger partial charge < -0.3 is 9.80 Å². The summed E-state index contributed by atoms with van der Waals surface area (Å²) < 4.78 is 0. The second-order valence-corrected chi connectivity index (χ2v) is 10.5. The lowest BCUT2D eigenvalue weighted by Gasteiger charge is -2.37. The quantitative estimate of drug-likeness (QED) is 0.416. The first-order valence-electron chi connectivity index (χ1n) is 13.6. The molecule has 1 aliphatic carbocycles. The summed E-state index contributed by atoms with van der Waals surface area (Å²) in [7, 11) is 0. The first-order valence-corrected chi connectivity index (χ1v) is 13.6. The van der Waals surface area contributed by atoms with Crippen molar-refractivity contribution >= 4 is 11.7 Å². The van der Waals surface area contributed by atoms with Gasteiger partial charge in [0, 0.05) is 55.8 Å². The van der Waals surface area contributed by atoms with Gasteiger partial charge in [0.2, 0.25) is 5.91 Å². The highest BCUT2D eigenvalue weighted by molar-refractivity contribution is 5.76. The maximum absolute atomic E-state index is 12.9. The number of aromatic nitrogens is 2. The van der Waals surface area contributed by atoms with Gasteiger partial charge in [0.1, 0.15) is 5.82 Å². The van der Waals surface area contributed by atoms with Crippen molar-refractivity contribution in [3.8, 4) is 11.4 Å². The third kappa shape index (κ3) is 5.77. The highest BCUT2D eigenvalue weighted by Crippen LogP contribution is 2.30. The zero-order valence-corrected chi connectivity index (χ0v) is 21.7. The highest BCUT2D eigenvalue weighted by Gasteiger charge is 2.26. The molecule has 0 bridgehead atoms. The van der Waals surface area contributed by atoms with E-state index < -0.39 is 0 Å². The van der Waals surface area contributed by atoms with Crippen molar-refractivity contribution in [2.24, 2.45) is 5.92 Å². The lowest BCUT2D eigenvalue weighted by Crippen LogP contribution is -2.49. The zero-order valence-electron chi connectivity index (χ0n) is 21.7. The van der Waals surface area contributed by atoms with Crippen molar-refractivity contribution in [1.82, 2.24) is 14.9 Å². The fraction of sp³-hybridized carbons (Fsp3) is 0.452. The smallest absolute Gasteiger partial charge is 0.222 e. The lowest BCUT2D eigenvalue weighted by atomic mass is 10.0. The molecule has 0 radical (unpaired) electrons. The number of carbonyl (C=O) groups excluding carboxylic acids is 1. The van der Waals surface area contributed by atoms with Crippen LogP contribution in [0.1, 0.15) is 60.9 Å². The maximum atomic E-state index is 12.9. The molecule has 36 heavy (non-hydrogen) atoms. The molecule has 5 rings (SSSR count). The third-order valence-electron chi connectivity index (χ3n) is 7.86. The van der Waals surface area contributed by atoms with Gasteiger partial charge in [-0.05, 0) is 31.7 Å². The van der Waals surface area contributed by atoms with Crippen LogP contribution in [-0.4, -0.2) is 47.0 Å². The summed E-state index contributed by atoms with van der Waals surface area (Å²) >= 11 is 0. The van der Waals surface area contributed by atoms with Crippen LogP contribution < -0.4 is 4.90 Å². The summed E-state index contributed by atoms with van der Waals surface area (Å²) in [4.78, 5) is 27.4. The van der Waals surface area contributed by atoms with Crippen molar-refractivity contribution in [2.45, 2.75) is 58.8 Å². The molecule has 188 valence electrons. The second kappa shape index (κ2) is 11.2. The van der Waals surface area contributed by atoms with Crippen LogP contribution in [0.2, 0.25) is 0 Å². The maximum Gasteiger partial charge on any atom is 0.222 e. The molecule has 2 fully saturated rings. The molecule has 1 aromatic heterocycles. The summed E-state index contributed by atoms with van der Waals surface area (Å²) in [6, 6.07) is 18.9. The van der Waals surface area contributed by atoms with E-state index in [1.807, 2.05) is 18.2 Å². The number of benzene rings is 2. The standard InChI is InChI=1S/C31H38N4O/c1-23-9-8-12-26(21-23)22-28-24(2)32-30(27-13-4-3-5-14-27)33-31(28)35-19-17-34(18-20-35)29(36)16-15-25-10-6-7-11-25/h3-5,8-9,12-14,21,25H,6-7,10-11,15-20,22H2,1-2H3. The fourth-order valence-corrected chi connectivity index (χ4v) is 5.74. The van der Waals surface area contributed by atoms with Gasteiger partial charge in [-0.25, -0.2) is 9.97 Å². The number of nitrogens with zero attached hydrogens (tertiary/aromatic N) is 4. The predicted octanol–water partition coefficient (Wildman–Crippen LogP) is 5.97.